The SMILES string of the molecule is NC(=O)[C@@H]1[C@H](Nc2c(Cl)cnc3nc(Nc4ccccc4)[nH]c23)[C@H]2C=C[C@@H]1C2. The zero-order chi connectivity index (χ0) is 19.3. The van der Waals surface area contributed by atoms with E-state index in [0.717, 1.165) is 12.1 Å². The van der Waals surface area contributed by atoms with Crippen molar-refractivity contribution in [2.75, 3.05) is 10.6 Å². The minimum absolute atomic E-state index is 0.0931. The Labute approximate surface area is 166 Å². The van der Waals surface area contributed by atoms with Gasteiger partial charge in [-0.2, -0.15) is 4.98 Å². The fraction of sp³-hybridized carbons (Fsp3) is 0.250. The summed E-state index contributed by atoms with van der Waals surface area (Å²) in [5, 5.41) is 7.16. The smallest absolute Gasteiger partial charge is 0.223 e. The molecule has 1 saturated carbocycles. The topological polar surface area (TPSA) is 109 Å². The maximum absolute atomic E-state index is 12.0. The van der Waals surface area contributed by atoms with E-state index in [1.165, 1.54) is 0 Å². The molecule has 0 radical (unpaired) electrons. The van der Waals surface area contributed by atoms with Crippen molar-refractivity contribution in [1.82, 2.24) is 15.0 Å². The lowest BCUT2D eigenvalue weighted by Crippen LogP contribution is -2.41. The molecule has 1 fully saturated rings. The lowest BCUT2D eigenvalue weighted by Gasteiger charge is -2.28. The number of anilines is 3. The van der Waals surface area contributed by atoms with Gasteiger partial charge < -0.3 is 21.4 Å². The number of H-pyrrole nitrogens is 1. The Morgan fingerprint density at radius 1 is 1.21 bits per heavy atom. The standard InChI is InChI=1S/C20H19ClN6O/c21-13-9-23-19-17(26-20(27-19)24-12-4-2-1-3-5-12)16(13)25-15-11-7-6-10(8-11)14(15)18(22)28/h1-7,9-11,14-15H,8H2,(H2,22,28)(H3,23,24,25,26,27)/t10-,11+,14+,15-/m1/s1. The molecule has 2 heterocycles. The molecule has 0 saturated heterocycles. The molecule has 0 unspecified atom stereocenters. The molecule has 28 heavy (non-hydrogen) atoms. The lowest BCUT2D eigenvalue weighted by molar-refractivity contribution is -0.122. The van der Waals surface area contributed by atoms with Gasteiger partial charge in [0, 0.05) is 11.7 Å². The van der Waals surface area contributed by atoms with Crippen LogP contribution in [0.15, 0.2) is 48.7 Å². The number of primary amides is 1. The number of benzene rings is 1. The van der Waals surface area contributed by atoms with Gasteiger partial charge >= 0.3 is 0 Å². The van der Waals surface area contributed by atoms with Crippen LogP contribution in [0.1, 0.15) is 6.42 Å². The molecule has 1 amide bonds. The molecule has 1 aromatic carbocycles. The summed E-state index contributed by atoms with van der Waals surface area (Å²) in [6, 6.07) is 9.65. The Bertz CT molecular complexity index is 1080. The zero-order valence-corrected chi connectivity index (χ0v) is 15.6. The number of nitrogens with one attached hydrogen (secondary N) is 3. The van der Waals surface area contributed by atoms with Crippen LogP contribution in [-0.2, 0) is 4.79 Å². The number of hydrogen-bond donors (Lipinski definition) is 4. The number of allylic oxidation sites excluding steroid dienone is 1. The summed E-state index contributed by atoms with van der Waals surface area (Å²) >= 11 is 6.45. The molecule has 3 aromatic rings. The molecular formula is C20H19ClN6O. The van der Waals surface area contributed by atoms with Crippen LogP contribution < -0.4 is 16.4 Å². The molecule has 142 valence electrons. The fourth-order valence-electron chi connectivity index (χ4n) is 4.37. The molecule has 5 N–H and O–H groups in total. The van der Waals surface area contributed by atoms with Gasteiger partial charge in [0.1, 0.15) is 5.52 Å². The molecule has 2 aromatic heterocycles. The first-order chi connectivity index (χ1) is 13.6. The van der Waals surface area contributed by atoms with Gasteiger partial charge in [-0.15, -0.1) is 0 Å². The molecule has 4 atom stereocenters. The number of fused-ring (bicyclic) bond motifs is 3. The van der Waals surface area contributed by atoms with Crippen molar-refractivity contribution in [2.45, 2.75) is 12.5 Å². The van der Waals surface area contributed by atoms with E-state index in [1.807, 2.05) is 30.3 Å². The third kappa shape index (κ3) is 2.79. The van der Waals surface area contributed by atoms with Crippen LogP contribution in [0.2, 0.25) is 5.02 Å². The Hall–Kier alpha value is -3.06. The third-order valence-corrected chi connectivity index (χ3v) is 5.90. The number of pyridine rings is 1. The Morgan fingerprint density at radius 2 is 2.00 bits per heavy atom. The second-order valence-electron chi connectivity index (χ2n) is 7.30. The molecule has 0 spiro atoms. The summed E-state index contributed by atoms with van der Waals surface area (Å²) in [5.74, 6) is 0.476. The summed E-state index contributed by atoms with van der Waals surface area (Å²) in [6.45, 7) is 0. The zero-order valence-electron chi connectivity index (χ0n) is 14.9. The molecular weight excluding hydrogens is 376 g/mol. The minimum atomic E-state index is -0.285. The lowest BCUT2D eigenvalue weighted by atomic mass is 9.88. The van der Waals surface area contributed by atoms with E-state index < -0.39 is 0 Å². The molecule has 2 aliphatic rings. The van der Waals surface area contributed by atoms with Crippen molar-refractivity contribution < 1.29 is 4.79 Å². The Balaban J connectivity index is 1.50. The summed E-state index contributed by atoms with van der Waals surface area (Å²) in [7, 11) is 0. The van der Waals surface area contributed by atoms with Gasteiger partial charge in [0.05, 0.1) is 22.8 Å². The first kappa shape index (κ1) is 17.1. The molecule has 2 bridgehead atoms. The van der Waals surface area contributed by atoms with Crippen molar-refractivity contribution in [3.05, 3.63) is 53.7 Å². The van der Waals surface area contributed by atoms with Gasteiger partial charge in [0.2, 0.25) is 11.9 Å². The van der Waals surface area contributed by atoms with E-state index in [9.17, 15) is 4.79 Å². The number of nitrogens with two attached hydrogens (primary N) is 1. The van der Waals surface area contributed by atoms with Crippen LogP contribution in [0, 0.1) is 17.8 Å². The third-order valence-electron chi connectivity index (χ3n) is 5.61. The highest BCUT2D eigenvalue weighted by molar-refractivity contribution is 6.34. The van der Waals surface area contributed by atoms with Crippen LogP contribution in [0.3, 0.4) is 0 Å². The maximum Gasteiger partial charge on any atom is 0.223 e. The summed E-state index contributed by atoms with van der Waals surface area (Å²) < 4.78 is 0. The number of para-hydroxylation sites is 1. The van der Waals surface area contributed by atoms with E-state index in [0.29, 0.717) is 27.8 Å². The average molecular weight is 395 g/mol. The van der Waals surface area contributed by atoms with Gasteiger partial charge in [0.25, 0.3) is 0 Å². The molecule has 0 aliphatic heterocycles. The van der Waals surface area contributed by atoms with Crippen molar-refractivity contribution >= 4 is 46.0 Å². The van der Waals surface area contributed by atoms with Crippen LogP contribution in [0.4, 0.5) is 17.3 Å². The number of aromatic amines is 1. The number of rotatable bonds is 5. The first-order valence-electron chi connectivity index (χ1n) is 9.20. The number of hydrogen-bond acceptors (Lipinski definition) is 5. The number of carbonyl (C=O) groups is 1. The van der Waals surface area contributed by atoms with Gasteiger partial charge in [0.15, 0.2) is 5.65 Å². The van der Waals surface area contributed by atoms with Crippen LogP contribution in [0.5, 0.6) is 0 Å². The Kier molecular flexibility index (Phi) is 3.98. The highest BCUT2D eigenvalue weighted by atomic mass is 35.5. The van der Waals surface area contributed by atoms with Crippen molar-refractivity contribution in [3.8, 4) is 0 Å². The molecule has 7 nitrogen and oxygen atoms in total. The second kappa shape index (κ2) is 6.53. The number of aromatic nitrogens is 3. The van der Waals surface area contributed by atoms with Gasteiger partial charge in [-0.25, -0.2) is 4.98 Å². The number of amides is 1. The van der Waals surface area contributed by atoms with Gasteiger partial charge in [-0.1, -0.05) is 42.0 Å². The summed E-state index contributed by atoms with van der Waals surface area (Å²) in [5.41, 5.74) is 8.52. The second-order valence-corrected chi connectivity index (χ2v) is 7.71. The predicted octanol–water partition coefficient (Wildman–Crippen LogP) is 3.44. The molecule has 2 aliphatic carbocycles. The molecule has 5 rings (SSSR count). The van der Waals surface area contributed by atoms with Crippen LogP contribution >= 0.6 is 11.6 Å². The van der Waals surface area contributed by atoms with Gasteiger partial charge in [-0.3, -0.25) is 4.79 Å². The summed E-state index contributed by atoms with van der Waals surface area (Å²) in [6.07, 6.45) is 6.76. The quantitative estimate of drug-likeness (QED) is 0.495. The van der Waals surface area contributed by atoms with Crippen molar-refractivity contribution in [3.63, 3.8) is 0 Å². The fourth-order valence-corrected chi connectivity index (χ4v) is 4.56. The number of nitrogens with zero attached hydrogens (tertiary/aromatic N) is 2. The van der Waals surface area contributed by atoms with E-state index in [-0.39, 0.29) is 29.7 Å². The summed E-state index contributed by atoms with van der Waals surface area (Å²) in [4.78, 5) is 24.1. The van der Waals surface area contributed by atoms with Crippen LogP contribution in [0.25, 0.3) is 11.2 Å². The van der Waals surface area contributed by atoms with E-state index in [1.54, 1.807) is 6.20 Å². The van der Waals surface area contributed by atoms with Gasteiger partial charge in [-0.05, 0) is 30.4 Å². The maximum atomic E-state index is 12.0. The van der Waals surface area contributed by atoms with Crippen molar-refractivity contribution in [1.29, 1.82) is 0 Å². The van der Waals surface area contributed by atoms with Crippen molar-refractivity contribution in [2.24, 2.45) is 23.5 Å². The average Bonchev–Trinajstić information content (AvgIpc) is 3.39. The number of halogens is 1. The number of carbonyl (C=O) groups excluding carboxylic acids is 1. The van der Waals surface area contributed by atoms with E-state index >= 15 is 0 Å². The van der Waals surface area contributed by atoms with E-state index in [4.69, 9.17) is 17.3 Å². The van der Waals surface area contributed by atoms with Crippen LogP contribution in [-0.4, -0.2) is 26.9 Å². The Morgan fingerprint density at radius 3 is 2.79 bits per heavy atom. The van der Waals surface area contributed by atoms with E-state index in [2.05, 4.69) is 37.7 Å². The monoisotopic (exact) mass is 394 g/mol. The number of imidazole rings is 1. The first-order valence-corrected chi connectivity index (χ1v) is 9.58. The normalized spacial score (nSPS) is 25.3. The highest BCUT2D eigenvalue weighted by Crippen LogP contribution is 2.46. The minimum Gasteiger partial charge on any atom is -0.378 e. The largest absolute Gasteiger partial charge is 0.378 e. The predicted molar refractivity (Wildman–Crippen MR) is 109 cm³/mol. The molecule has 8 heteroatoms. The highest BCUT2D eigenvalue weighted by Gasteiger charge is 2.47.